The Morgan fingerprint density at radius 1 is 1.18 bits per heavy atom. The Hall–Kier alpha value is -2.06. The predicted molar refractivity (Wildman–Crippen MR) is 108 cm³/mol. The van der Waals surface area contributed by atoms with Crippen LogP contribution in [-0.2, 0) is 35.8 Å². The number of benzene rings is 1. The number of aromatic nitrogens is 2. The van der Waals surface area contributed by atoms with Gasteiger partial charge in [0.25, 0.3) is 0 Å². The van der Waals surface area contributed by atoms with Gasteiger partial charge in [-0.05, 0) is 54.4 Å². The van der Waals surface area contributed by atoms with Crippen molar-refractivity contribution in [2.75, 3.05) is 13.7 Å². The molecule has 0 atom stereocenters. The molecule has 2 heterocycles. The van der Waals surface area contributed by atoms with Crippen LogP contribution in [0.3, 0.4) is 0 Å². The lowest BCUT2D eigenvalue weighted by atomic mass is 10.2. The van der Waals surface area contributed by atoms with Gasteiger partial charge in [-0.25, -0.2) is 4.79 Å². The molecule has 0 radical (unpaired) electrons. The highest BCUT2D eigenvalue weighted by Crippen LogP contribution is 2.27. The van der Waals surface area contributed by atoms with Gasteiger partial charge >= 0.3 is 6.09 Å². The number of carbonyl (C=O) groups is 1. The zero-order valence-electron chi connectivity index (χ0n) is 16.7. The summed E-state index contributed by atoms with van der Waals surface area (Å²) in [4.78, 5) is 14.0. The smallest absolute Gasteiger partial charge is 0.410 e. The molecule has 152 valence electrons. The lowest BCUT2D eigenvalue weighted by Crippen LogP contribution is -2.41. The summed E-state index contributed by atoms with van der Waals surface area (Å²) >= 11 is 3.62. The Labute approximate surface area is 173 Å². The minimum Gasteiger partial charge on any atom is -0.497 e. The van der Waals surface area contributed by atoms with Gasteiger partial charge in [0, 0.05) is 6.54 Å². The summed E-state index contributed by atoms with van der Waals surface area (Å²) < 4.78 is 19.3. The Bertz CT molecular complexity index is 827. The molecular formula is C20H26BrN3O4. The molecule has 0 fully saturated rings. The second-order valence-electron chi connectivity index (χ2n) is 7.67. The third-order valence-corrected chi connectivity index (χ3v) is 5.22. The van der Waals surface area contributed by atoms with Crippen molar-refractivity contribution in [1.82, 2.24) is 14.7 Å². The number of carbonyl (C=O) groups excluding carboxylic acids is 1. The Morgan fingerprint density at radius 2 is 1.89 bits per heavy atom. The van der Waals surface area contributed by atoms with Crippen molar-refractivity contribution < 1.29 is 19.0 Å². The van der Waals surface area contributed by atoms with E-state index in [4.69, 9.17) is 14.2 Å². The summed E-state index contributed by atoms with van der Waals surface area (Å²) in [7, 11) is 1.65. The number of amides is 1. The average Bonchev–Trinajstić information content (AvgIpc) is 2.96. The first-order valence-corrected chi connectivity index (χ1v) is 9.99. The SMILES string of the molecule is COc1ccc(COCc2nn3c(c2Br)CN(C(=O)OC(C)(C)C)CC3)cc1. The number of fused-ring (bicyclic) bond motifs is 1. The number of nitrogens with zero attached hydrogens (tertiary/aromatic N) is 3. The molecule has 28 heavy (non-hydrogen) atoms. The first kappa shape index (κ1) is 20.7. The number of hydrogen-bond donors (Lipinski definition) is 0. The van der Waals surface area contributed by atoms with Crippen LogP contribution in [0.5, 0.6) is 5.75 Å². The maximum atomic E-state index is 12.3. The van der Waals surface area contributed by atoms with Crippen molar-refractivity contribution in [2.24, 2.45) is 0 Å². The third kappa shape index (κ3) is 5.05. The molecular weight excluding hydrogens is 426 g/mol. The zero-order valence-corrected chi connectivity index (χ0v) is 18.3. The first-order valence-electron chi connectivity index (χ1n) is 9.19. The molecule has 1 aliphatic heterocycles. The monoisotopic (exact) mass is 451 g/mol. The van der Waals surface area contributed by atoms with E-state index >= 15 is 0 Å². The maximum Gasteiger partial charge on any atom is 0.410 e. The van der Waals surface area contributed by atoms with Crippen molar-refractivity contribution in [3.8, 4) is 5.75 Å². The summed E-state index contributed by atoms with van der Waals surface area (Å²) in [6.45, 7) is 8.14. The molecule has 1 amide bonds. The van der Waals surface area contributed by atoms with E-state index < -0.39 is 5.60 Å². The minimum atomic E-state index is -0.507. The molecule has 0 spiro atoms. The Morgan fingerprint density at radius 3 is 2.54 bits per heavy atom. The van der Waals surface area contributed by atoms with Gasteiger partial charge in [0.1, 0.15) is 17.0 Å². The number of halogens is 1. The van der Waals surface area contributed by atoms with Crippen molar-refractivity contribution in [2.45, 2.75) is 52.7 Å². The number of hydrogen-bond acceptors (Lipinski definition) is 5. The van der Waals surface area contributed by atoms with Gasteiger partial charge in [-0.1, -0.05) is 12.1 Å². The fourth-order valence-electron chi connectivity index (χ4n) is 2.90. The summed E-state index contributed by atoms with van der Waals surface area (Å²) in [5, 5.41) is 4.62. The van der Waals surface area contributed by atoms with Crippen LogP contribution < -0.4 is 4.74 Å². The van der Waals surface area contributed by atoms with Crippen LogP contribution >= 0.6 is 15.9 Å². The summed E-state index contributed by atoms with van der Waals surface area (Å²) in [6.07, 6.45) is -0.302. The van der Waals surface area contributed by atoms with Crippen molar-refractivity contribution in [1.29, 1.82) is 0 Å². The summed E-state index contributed by atoms with van der Waals surface area (Å²) in [5.41, 5.74) is 2.35. The van der Waals surface area contributed by atoms with Crippen molar-refractivity contribution >= 4 is 22.0 Å². The lowest BCUT2D eigenvalue weighted by molar-refractivity contribution is 0.0193. The highest BCUT2D eigenvalue weighted by Gasteiger charge is 2.28. The third-order valence-electron chi connectivity index (χ3n) is 4.30. The highest BCUT2D eigenvalue weighted by atomic mass is 79.9. The fourth-order valence-corrected chi connectivity index (χ4v) is 3.43. The van der Waals surface area contributed by atoms with Crippen LogP contribution in [-0.4, -0.2) is 40.0 Å². The van der Waals surface area contributed by atoms with E-state index in [0.29, 0.717) is 32.8 Å². The lowest BCUT2D eigenvalue weighted by Gasteiger charge is -2.30. The van der Waals surface area contributed by atoms with Crippen LogP contribution in [0.4, 0.5) is 4.79 Å². The standard InChI is InChI=1S/C20H26BrN3O4/c1-20(2,3)28-19(25)23-9-10-24-17(11-23)18(21)16(22-24)13-27-12-14-5-7-15(26-4)8-6-14/h5-8H,9-13H2,1-4H3. The fraction of sp³-hybridized carbons (Fsp3) is 0.500. The van der Waals surface area contributed by atoms with Gasteiger partial charge in [0.05, 0.1) is 43.6 Å². The van der Waals surface area contributed by atoms with Gasteiger partial charge in [0.15, 0.2) is 0 Å². The largest absolute Gasteiger partial charge is 0.497 e. The van der Waals surface area contributed by atoms with E-state index in [0.717, 1.165) is 27.2 Å². The van der Waals surface area contributed by atoms with Gasteiger partial charge in [0.2, 0.25) is 0 Å². The van der Waals surface area contributed by atoms with Crippen LogP contribution in [0.2, 0.25) is 0 Å². The molecule has 0 saturated carbocycles. The molecule has 1 aromatic carbocycles. The van der Waals surface area contributed by atoms with E-state index in [-0.39, 0.29) is 6.09 Å². The molecule has 1 aliphatic rings. The van der Waals surface area contributed by atoms with Gasteiger partial charge in [-0.3, -0.25) is 4.68 Å². The number of rotatable bonds is 5. The topological polar surface area (TPSA) is 65.8 Å². The summed E-state index contributed by atoms with van der Waals surface area (Å²) in [6, 6.07) is 7.78. The van der Waals surface area contributed by atoms with Crippen LogP contribution in [0, 0.1) is 0 Å². The van der Waals surface area contributed by atoms with E-state index in [9.17, 15) is 4.79 Å². The molecule has 0 unspecified atom stereocenters. The second-order valence-corrected chi connectivity index (χ2v) is 8.47. The van der Waals surface area contributed by atoms with E-state index in [1.54, 1.807) is 12.0 Å². The minimum absolute atomic E-state index is 0.302. The zero-order chi connectivity index (χ0) is 20.3. The number of methoxy groups -OCH3 is 1. The average molecular weight is 452 g/mol. The normalized spacial score (nSPS) is 14.0. The molecule has 0 saturated heterocycles. The van der Waals surface area contributed by atoms with Gasteiger partial charge in [-0.15, -0.1) is 0 Å². The quantitative estimate of drug-likeness (QED) is 0.683. The molecule has 0 N–H and O–H groups in total. The Balaban J connectivity index is 1.59. The van der Waals surface area contributed by atoms with E-state index in [1.807, 2.05) is 49.7 Å². The number of ether oxygens (including phenoxy) is 3. The van der Waals surface area contributed by atoms with Crippen LogP contribution in [0.25, 0.3) is 0 Å². The van der Waals surface area contributed by atoms with Crippen molar-refractivity contribution in [3.05, 3.63) is 45.7 Å². The van der Waals surface area contributed by atoms with Gasteiger partial charge < -0.3 is 19.1 Å². The van der Waals surface area contributed by atoms with Crippen molar-refractivity contribution in [3.63, 3.8) is 0 Å². The molecule has 7 nitrogen and oxygen atoms in total. The molecule has 3 rings (SSSR count). The predicted octanol–water partition coefficient (Wildman–Crippen LogP) is 4.12. The van der Waals surface area contributed by atoms with E-state index in [2.05, 4.69) is 21.0 Å². The molecule has 1 aromatic heterocycles. The van der Waals surface area contributed by atoms with Crippen LogP contribution in [0.1, 0.15) is 37.7 Å². The van der Waals surface area contributed by atoms with E-state index in [1.165, 1.54) is 0 Å². The Kier molecular flexibility index (Phi) is 6.30. The molecule has 0 bridgehead atoms. The highest BCUT2D eigenvalue weighted by molar-refractivity contribution is 9.10. The first-order chi connectivity index (χ1) is 13.3. The molecule has 0 aliphatic carbocycles. The molecule has 2 aromatic rings. The van der Waals surface area contributed by atoms with Gasteiger partial charge in [-0.2, -0.15) is 5.10 Å². The molecule has 8 heteroatoms. The van der Waals surface area contributed by atoms with Crippen LogP contribution in [0.15, 0.2) is 28.7 Å². The summed E-state index contributed by atoms with van der Waals surface area (Å²) in [5.74, 6) is 0.822. The second kappa shape index (κ2) is 8.53. The maximum absolute atomic E-state index is 12.3.